The minimum Gasteiger partial charge on any atom is -0.506 e. The molecule has 4 rings (SSSR count). The van der Waals surface area contributed by atoms with Crippen LogP contribution in [0.25, 0.3) is 0 Å². The number of aliphatic hydroxyl groups excluding tert-OH is 1. The molecule has 1 saturated heterocycles. The van der Waals surface area contributed by atoms with Gasteiger partial charge in [0.1, 0.15) is 24.3 Å². The molecule has 0 radical (unpaired) electrons. The molecule has 7 nitrogen and oxygen atoms in total. The SMILES string of the molecule is Cc1ncc(CO)c(CN2C(=O)CCSC2c2ccc3c(c2)OCCO3)c1O. The molecular weight excluding hydrogens is 380 g/mol. The zero-order valence-electron chi connectivity index (χ0n) is 15.6. The first kappa shape index (κ1) is 18.9. The van der Waals surface area contributed by atoms with Crippen molar-refractivity contribution in [3.63, 3.8) is 0 Å². The van der Waals surface area contributed by atoms with Crippen molar-refractivity contribution in [1.29, 1.82) is 0 Å². The largest absolute Gasteiger partial charge is 0.506 e. The number of aryl methyl sites for hydroxylation is 1. The van der Waals surface area contributed by atoms with Gasteiger partial charge < -0.3 is 24.6 Å². The van der Waals surface area contributed by atoms with E-state index in [1.807, 2.05) is 18.2 Å². The van der Waals surface area contributed by atoms with Gasteiger partial charge in [-0.2, -0.15) is 0 Å². The van der Waals surface area contributed by atoms with Crippen molar-refractivity contribution in [1.82, 2.24) is 9.88 Å². The molecule has 148 valence electrons. The van der Waals surface area contributed by atoms with E-state index in [0.717, 1.165) is 11.3 Å². The number of amides is 1. The van der Waals surface area contributed by atoms with Crippen LogP contribution < -0.4 is 9.47 Å². The highest BCUT2D eigenvalue weighted by Gasteiger charge is 2.32. The topological polar surface area (TPSA) is 92.1 Å². The molecule has 1 aromatic carbocycles. The third kappa shape index (κ3) is 3.49. The van der Waals surface area contributed by atoms with Gasteiger partial charge in [0, 0.05) is 29.5 Å². The van der Waals surface area contributed by atoms with Crippen molar-refractivity contribution in [2.75, 3.05) is 19.0 Å². The Labute approximate surface area is 167 Å². The van der Waals surface area contributed by atoms with E-state index in [2.05, 4.69) is 4.98 Å². The number of rotatable bonds is 4. The first-order chi connectivity index (χ1) is 13.6. The van der Waals surface area contributed by atoms with Gasteiger partial charge in [-0.05, 0) is 24.6 Å². The lowest BCUT2D eigenvalue weighted by atomic mass is 10.1. The number of fused-ring (bicyclic) bond motifs is 1. The van der Waals surface area contributed by atoms with E-state index in [1.54, 1.807) is 29.8 Å². The second-order valence-corrected chi connectivity index (χ2v) is 7.94. The van der Waals surface area contributed by atoms with Crippen molar-refractivity contribution < 1.29 is 24.5 Å². The molecule has 28 heavy (non-hydrogen) atoms. The van der Waals surface area contributed by atoms with Gasteiger partial charge in [-0.3, -0.25) is 9.78 Å². The molecule has 1 fully saturated rings. The van der Waals surface area contributed by atoms with E-state index in [1.165, 1.54) is 0 Å². The van der Waals surface area contributed by atoms with Gasteiger partial charge in [-0.25, -0.2) is 0 Å². The maximum absolute atomic E-state index is 12.8. The maximum Gasteiger partial charge on any atom is 0.224 e. The first-order valence-electron chi connectivity index (χ1n) is 9.16. The van der Waals surface area contributed by atoms with Gasteiger partial charge in [-0.1, -0.05) is 6.07 Å². The molecule has 3 heterocycles. The summed E-state index contributed by atoms with van der Waals surface area (Å²) in [6.07, 6.45) is 1.98. The number of hydrogen-bond acceptors (Lipinski definition) is 7. The summed E-state index contributed by atoms with van der Waals surface area (Å²) in [6, 6.07) is 5.73. The lowest BCUT2D eigenvalue weighted by molar-refractivity contribution is -0.132. The van der Waals surface area contributed by atoms with E-state index in [9.17, 15) is 15.0 Å². The zero-order chi connectivity index (χ0) is 19.7. The molecule has 0 saturated carbocycles. The van der Waals surface area contributed by atoms with Gasteiger partial charge in [0.05, 0.1) is 18.8 Å². The Morgan fingerprint density at radius 1 is 1.29 bits per heavy atom. The van der Waals surface area contributed by atoms with Crippen molar-refractivity contribution in [3.05, 3.63) is 46.8 Å². The number of aliphatic hydroxyl groups is 1. The smallest absolute Gasteiger partial charge is 0.224 e. The fourth-order valence-electron chi connectivity index (χ4n) is 3.45. The van der Waals surface area contributed by atoms with Crippen LogP contribution in [0.15, 0.2) is 24.4 Å². The van der Waals surface area contributed by atoms with E-state index >= 15 is 0 Å². The van der Waals surface area contributed by atoms with Crippen LogP contribution in [-0.2, 0) is 17.9 Å². The average Bonchev–Trinajstić information content (AvgIpc) is 2.72. The van der Waals surface area contributed by atoms with E-state index in [-0.39, 0.29) is 30.2 Å². The molecule has 1 unspecified atom stereocenters. The zero-order valence-corrected chi connectivity index (χ0v) is 16.4. The summed E-state index contributed by atoms with van der Waals surface area (Å²) in [5, 5.41) is 19.9. The second-order valence-electron chi connectivity index (χ2n) is 6.75. The third-order valence-electron chi connectivity index (χ3n) is 4.98. The maximum atomic E-state index is 12.8. The van der Waals surface area contributed by atoms with E-state index in [4.69, 9.17) is 9.47 Å². The highest BCUT2D eigenvalue weighted by atomic mass is 32.2. The monoisotopic (exact) mass is 402 g/mol. The summed E-state index contributed by atoms with van der Waals surface area (Å²) < 4.78 is 11.3. The number of hydrogen-bond donors (Lipinski definition) is 2. The average molecular weight is 402 g/mol. The molecule has 1 amide bonds. The molecule has 1 atom stereocenters. The lowest BCUT2D eigenvalue weighted by Crippen LogP contribution is -2.37. The Kier molecular flexibility index (Phi) is 5.32. The number of aromatic nitrogens is 1. The van der Waals surface area contributed by atoms with Crippen molar-refractivity contribution >= 4 is 17.7 Å². The molecule has 2 aliphatic heterocycles. The fraction of sp³-hybridized carbons (Fsp3) is 0.400. The number of ether oxygens (including phenoxy) is 2. The number of aromatic hydroxyl groups is 1. The molecular formula is C20H22N2O5S. The van der Waals surface area contributed by atoms with Crippen LogP contribution in [-0.4, -0.2) is 45.0 Å². The van der Waals surface area contributed by atoms with Gasteiger partial charge in [0.2, 0.25) is 5.91 Å². The quantitative estimate of drug-likeness (QED) is 0.812. The standard InChI is InChI=1S/C20H22N2O5S/c1-12-19(25)15(14(11-23)9-21-12)10-22-18(24)4-7-28-20(22)13-2-3-16-17(8-13)27-6-5-26-16/h2-3,8-9,20,23,25H,4-7,10-11H2,1H3. The number of benzene rings is 1. The van der Waals surface area contributed by atoms with Crippen molar-refractivity contribution in [2.24, 2.45) is 0 Å². The number of carbonyl (C=O) groups excluding carboxylic acids is 1. The Bertz CT molecular complexity index is 904. The number of carbonyl (C=O) groups is 1. The fourth-order valence-corrected chi connectivity index (χ4v) is 4.68. The summed E-state index contributed by atoms with van der Waals surface area (Å²) in [5.41, 5.74) is 2.47. The second kappa shape index (κ2) is 7.89. The van der Waals surface area contributed by atoms with Crippen LogP contribution in [0.2, 0.25) is 0 Å². The van der Waals surface area contributed by atoms with Crippen molar-refractivity contribution in [3.8, 4) is 17.2 Å². The normalized spacial score (nSPS) is 19.0. The predicted molar refractivity (Wildman–Crippen MR) is 104 cm³/mol. The molecule has 2 N–H and O–H groups in total. The molecule has 0 bridgehead atoms. The highest BCUT2D eigenvalue weighted by molar-refractivity contribution is 7.99. The third-order valence-corrected chi connectivity index (χ3v) is 6.26. The van der Waals surface area contributed by atoms with Crippen LogP contribution in [0.4, 0.5) is 0 Å². The van der Waals surface area contributed by atoms with Gasteiger partial charge in [-0.15, -0.1) is 11.8 Å². The Morgan fingerprint density at radius 2 is 2.07 bits per heavy atom. The minimum absolute atomic E-state index is 0.0106. The summed E-state index contributed by atoms with van der Waals surface area (Å²) in [6.45, 7) is 2.68. The molecule has 1 aromatic heterocycles. The van der Waals surface area contributed by atoms with Crippen LogP contribution in [0, 0.1) is 6.92 Å². The van der Waals surface area contributed by atoms with E-state index < -0.39 is 0 Å². The minimum atomic E-state index is -0.250. The number of thioether (sulfide) groups is 1. The van der Waals surface area contributed by atoms with Gasteiger partial charge >= 0.3 is 0 Å². The first-order valence-corrected chi connectivity index (χ1v) is 10.2. The van der Waals surface area contributed by atoms with Crippen molar-refractivity contribution in [2.45, 2.75) is 31.9 Å². The predicted octanol–water partition coefficient (Wildman–Crippen LogP) is 2.52. The van der Waals surface area contributed by atoms with Crippen LogP contribution in [0.3, 0.4) is 0 Å². The molecule has 0 aliphatic carbocycles. The van der Waals surface area contributed by atoms with Gasteiger partial charge in [0.25, 0.3) is 0 Å². The molecule has 0 spiro atoms. The molecule has 2 aliphatic rings. The molecule has 2 aromatic rings. The van der Waals surface area contributed by atoms with Crippen LogP contribution in [0.5, 0.6) is 17.2 Å². The summed E-state index contributed by atoms with van der Waals surface area (Å²) in [4.78, 5) is 18.6. The lowest BCUT2D eigenvalue weighted by Gasteiger charge is -2.36. The number of nitrogens with zero attached hydrogens (tertiary/aromatic N) is 2. The molecule has 8 heteroatoms. The Morgan fingerprint density at radius 3 is 2.86 bits per heavy atom. The van der Waals surface area contributed by atoms with Crippen LogP contribution in [0.1, 0.15) is 34.2 Å². The Hall–Kier alpha value is -2.45. The highest BCUT2D eigenvalue weighted by Crippen LogP contribution is 2.42. The number of pyridine rings is 1. The van der Waals surface area contributed by atoms with Crippen LogP contribution >= 0.6 is 11.8 Å². The summed E-state index contributed by atoms with van der Waals surface area (Å²) in [5.74, 6) is 2.15. The summed E-state index contributed by atoms with van der Waals surface area (Å²) >= 11 is 1.67. The van der Waals surface area contributed by atoms with E-state index in [0.29, 0.717) is 48.0 Å². The van der Waals surface area contributed by atoms with Gasteiger partial charge in [0.15, 0.2) is 11.5 Å². The Balaban J connectivity index is 1.68. The summed E-state index contributed by atoms with van der Waals surface area (Å²) in [7, 11) is 0.